The highest BCUT2D eigenvalue weighted by Crippen LogP contribution is 2.33. The summed E-state index contributed by atoms with van der Waals surface area (Å²) in [5.41, 5.74) is 0.781. The zero-order chi connectivity index (χ0) is 15.2. The molecule has 0 aliphatic heterocycles. The van der Waals surface area contributed by atoms with Gasteiger partial charge in [0, 0.05) is 4.47 Å². The number of hydrogen-bond acceptors (Lipinski definition) is 3. The molecule has 1 aromatic carbocycles. The second kappa shape index (κ2) is 7.79. The molecule has 0 saturated heterocycles. The SMILES string of the molecule is CCOC(=O)CC(C)(c1cccc(Br)c1)N(CC)CC. The summed E-state index contributed by atoms with van der Waals surface area (Å²) in [7, 11) is 0. The summed E-state index contributed by atoms with van der Waals surface area (Å²) >= 11 is 3.51. The molecule has 4 heteroatoms. The van der Waals surface area contributed by atoms with Gasteiger partial charge in [-0.25, -0.2) is 0 Å². The van der Waals surface area contributed by atoms with Crippen molar-refractivity contribution in [3.63, 3.8) is 0 Å². The number of carbonyl (C=O) groups excluding carboxylic acids is 1. The van der Waals surface area contributed by atoms with Crippen molar-refractivity contribution in [2.45, 2.75) is 39.7 Å². The van der Waals surface area contributed by atoms with E-state index in [2.05, 4.69) is 53.7 Å². The summed E-state index contributed by atoms with van der Waals surface area (Å²) in [5.74, 6) is -0.151. The smallest absolute Gasteiger partial charge is 0.307 e. The van der Waals surface area contributed by atoms with Crippen molar-refractivity contribution in [1.82, 2.24) is 4.90 Å². The number of ether oxygens (including phenoxy) is 1. The van der Waals surface area contributed by atoms with Crippen LogP contribution in [0.4, 0.5) is 0 Å². The third-order valence-electron chi connectivity index (χ3n) is 3.70. The number of esters is 1. The van der Waals surface area contributed by atoms with Crippen molar-refractivity contribution < 1.29 is 9.53 Å². The van der Waals surface area contributed by atoms with Gasteiger partial charge in [-0.2, -0.15) is 0 Å². The van der Waals surface area contributed by atoms with Crippen LogP contribution in [0.5, 0.6) is 0 Å². The highest BCUT2D eigenvalue weighted by molar-refractivity contribution is 9.10. The quantitative estimate of drug-likeness (QED) is 0.703. The van der Waals surface area contributed by atoms with E-state index in [1.807, 2.05) is 19.1 Å². The van der Waals surface area contributed by atoms with Gasteiger partial charge >= 0.3 is 5.97 Å². The molecule has 0 aliphatic rings. The van der Waals surface area contributed by atoms with Crippen LogP contribution in [0.15, 0.2) is 28.7 Å². The van der Waals surface area contributed by atoms with Crippen molar-refractivity contribution >= 4 is 21.9 Å². The van der Waals surface area contributed by atoms with Gasteiger partial charge < -0.3 is 4.74 Å². The minimum absolute atomic E-state index is 0.151. The number of carbonyl (C=O) groups is 1. The van der Waals surface area contributed by atoms with Gasteiger partial charge in [0.25, 0.3) is 0 Å². The molecule has 0 aliphatic carbocycles. The number of hydrogen-bond donors (Lipinski definition) is 0. The maximum absolute atomic E-state index is 12.0. The Morgan fingerprint density at radius 2 is 1.95 bits per heavy atom. The Hall–Kier alpha value is -0.870. The summed E-state index contributed by atoms with van der Waals surface area (Å²) < 4.78 is 6.18. The fraction of sp³-hybridized carbons (Fsp3) is 0.562. The van der Waals surface area contributed by atoms with Crippen LogP contribution in [0.3, 0.4) is 0 Å². The Balaban J connectivity index is 3.15. The summed E-state index contributed by atoms with van der Waals surface area (Å²) in [4.78, 5) is 14.3. The molecule has 0 saturated carbocycles. The lowest BCUT2D eigenvalue weighted by Crippen LogP contribution is -2.45. The van der Waals surface area contributed by atoms with E-state index >= 15 is 0 Å². The second-order valence-corrected chi connectivity index (χ2v) is 5.85. The predicted octanol–water partition coefficient (Wildman–Crippen LogP) is 3.96. The number of halogens is 1. The summed E-state index contributed by atoms with van der Waals surface area (Å²) in [6, 6.07) is 8.16. The van der Waals surface area contributed by atoms with Crippen molar-refractivity contribution in [3.05, 3.63) is 34.3 Å². The highest BCUT2D eigenvalue weighted by Gasteiger charge is 2.35. The first kappa shape index (κ1) is 17.2. The van der Waals surface area contributed by atoms with Crippen molar-refractivity contribution in [2.24, 2.45) is 0 Å². The third-order valence-corrected chi connectivity index (χ3v) is 4.20. The van der Waals surface area contributed by atoms with Crippen LogP contribution >= 0.6 is 15.9 Å². The first-order valence-electron chi connectivity index (χ1n) is 7.14. The van der Waals surface area contributed by atoms with Gasteiger partial charge in [0.2, 0.25) is 0 Å². The Morgan fingerprint density at radius 3 is 2.45 bits per heavy atom. The zero-order valence-electron chi connectivity index (χ0n) is 12.8. The maximum atomic E-state index is 12.0. The zero-order valence-corrected chi connectivity index (χ0v) is 14.4. The molecule has 0 radical (unpaired) electrons. The van der Waals surface area contributed by atoms with Crippen LogP contribution < -0.4 is 0 Å². The molecule has 0 heterocycles. The standard InChI is InChI=1S/C16H24BrNO2/c1-5-18(6-2)16(4,12-15(19)20-7-3)13-9-8-10-14(17)11-13/h8-11H,5-7,12H2,1-4H3. The Bertz CT molecular complexity index is 446. The first-order valence-corrected chi connectivity index (χ1v) is 7.93. The molecule has 0 N–H and O–H groups in total. The average Bonchev–Trinajstić information content (AvgIpc) is 2.40. The monoisotopic (exact) mass is 341 g/mol. The van der Waals surface area contributed by atoms with E-state index < -0.39 is 0 Å². The van der Waals surface area contributed by atoms with E-state index in [-0.39, 0.29) is 11.5 Å². The minimum Gasteiger partial charge on any atom is -0.466 e. The number of benzene rings is 1. The van der Waals surface area contributed by atoms with Gasteiger partial charge in [-0.15, -0.1) is 0 Å². The van der Waals surface area contributed by atoms with Crippen molar-refractivity contribution in [2.75, 3.05) is 19.7 Å². The molecular formula is C16H24BrNO2. The van der Waals surface area contributed by atoms with Gasteiger partial charge in [0.1, 0.15) is 0 Å². The normalized spacial score (nSPS) is 14.1. The fourth-order valence-corrected chi connectivity index (χ4v) is 3.03. The summed E-state index contributed by atoms with van der Waals surface area (Å²) in [6.07, 6.45) is 0.360. The van der Waals surface area contributed by atoms with Crippen LogP contribution in [-0.4, -0.2) is 30.6 Å². The Labute approximate surface area is 130 Å². The maximum Gasteiger partial charge on any atom is 0.307 e. The lowest BCUT2D eigenvalue weighted by molar-refractivity contribution is -0.146. The molecule has 20 heavy (non-hydrogen) atoms. The van der Waals surface area contributed by atoms with Crippen molar-refractivity contribution in [1.29, 1.82) is 0 Å². The third kappa shape index (κ3) is 4.06. The van der Waals surface area contributed by atoms with Crippen LogP contribution in [0.2, 0.25) is 0 Å². The topological polar surface area (TPSA) is 29.5 Å². The largest absolute Gasteiger partial charge is 0.466 e. The molecule has 0 aromatic heterocycles. The van der Waals surface area contributed by atoms with Crippen LogP contribution in [-0.2, 0) is 15.1 Å². The minimum atomic E-state index is -0.348. The van der Waals surface area contributed by atoms with E-state index in [0.29, 0.717) is 13.0 Å². The van der Waals surface area contributed by atoms with Gasteiger partial charge in [-0.05, 0) is 44.6 Å². The van der Waals surface area contributed by atoms with Crippen LogP contribution in [0, 0.1) is 0 Å². The van der Waals surface area contributed by atoms with E-state index in [1.165, 1.54) is 0 Å². The summed E-state index contributed by atoms with van der Waals surface area (Å²) in [5, 5.41) is 0. The molecule has 0 amide bonds. The molecule has 1 unspecified atom stereocenters. The lowest BCUT2D eigenvalue weighted by atomic mass is 9.86. The van der Waals surface area contributed by atoms with Crippen LogP contribution in [0.1, 0.15) is 39.7 Å². The Morgan fingerprint density at radius 1 is 1.30 bits per heavy atom. The molecular weight excluding hydrogens is 318 g/mol. The summed E-state index contributed by atoms with van der Waals surface area (Å²) in [6.45, 7) is 10.4. The number of nitrogens with zero attached hydrogens (tertiary/aromatic N) is 1. The number of rotatable bonds is 7. The highest BCUT2D eigenvalue weighted by atomic mass is 79.9. The van der Waals surface area contributed by atoms with Gasteiger partial charge in [0.15, 0.2) is 0 Å². The predicted molar refractivity (Wildman–Crippen MR) is 85.7 cm³/mol. The molecule has 1 rings (SSSR count). The molecule has 1 atom stereocenters. The van der Waals surface area contributed by atoms with Crippen LogP contribution in [0.25, 0.3) is 0 Å². The molecule has 0 spiro atoms. The van der Waals surface area contributed by atoms with Gasteiger partial charge in [-0.3, -0.25) is 9.69 Å². The average molecular weight is 342 g/mol. The molecule has 3 nitrogen and oxygen atoms in total. The van der Waals surface area contributed by atoms with Gasteiger partial charge in [0.05, 0.1) is 18.6 Å². The molecule has 1 aromatic rings. The molecule has 0 fully saturated rings. The van der Waals surface area contributed by atoms with Gasteiger partial charge in [-0.1, -0.05) is 41.9 Å². The van der Waals surface area contributed by atoms with E-state index in [4.69, 9.17) is 4.74 Å². The van der Waals surface area contributed by atoms with E-state index in [1.54, 1.807) is 0 Å². The second-order valence-electron chi connectivity index (χ2n) is 4.94. The molecule has 112 valence electrons. The van der Waals surface area contributed by atoms with E-state index in [0.717, 1.165) is 23.1 Å². The molecule has 0 bridgehead atoms. The fourth-order valence-electron chi connectivity index (χ4n) is 2.63. The first-order chi connectivity index (χ1) is 9.47. The van der Waals surface area contributed by atoms with Crippen molar-refractivity contribution in [3.8, 4) is 0 Å². The lowest BCUT2D eigenvalue weighted by Gasteiger charge is -2.40. The Kier molecular flexibility index (Phi) is 6.69. The van der Waals surface area contributed by atoms with E-state index in [9.17, 15) is 4.79 Å².